The maximum absolute atomic E-state index is 13.6. The molecular weight excluding hydrogens is 363 g/mol. The van der Waals surface area contributed by atoms with Crippen LogP contribution >= 0.6 is 0 Å². The standard InChI is InChI=1S/C21H25FN2O4/c1-15(25)24(14-16-8-9-19(27-2)20(12-16)28-3)11-10-21(26)23-13-17-6-4-5-7-18(17)22/h4-9,12H,10-11,13-14H2,1-3H3,(H,23,26). The molecule has 0 spiro atoms. The third kappa shape index (κ3) is 5.97. The van der Waals surface area contributed by atoms with E-state index in [2.05, 4.69) is 5.32 Å². The SMILES string of the molecule is COc1ccc(CN(CCC(=O)NCc2ccccc2F)C(C)=O)cc1OC. The van der Waals surface area contributed by atoms with Crippen molar-refractivity contribution in [2.24, 2.45) is 0 Å². The smallest absolute Gasteiger partial charge is 0.222 e. The lowest BCUT2D eigenvalue weighted by atomic mass is 10.1. The van der Waals surface area contributed by atoms with Crippen LogP contribution in [0.5, 0.6) is 11.5 Å². The van der Waals surface area contributed by atoms with Crippen LogP contribution in [0.25, 0.3) is 0 Å². The van der Waals surface area contributed by atoms with Crippen molar-refractivity contribution in [3.05, 3.63) is 59.4 Å². The second kappa shape index (κ2) is 10.3. The number of carbonyl (C=O) groups is 2. The lowest BCUT2D eigenvalue weighted by molar-refractivity contribution is -0.130. The van der Waals surface area contributed by atoms with E-state index in [4.69, 9.17) is 9.47 Å². The van der Waals surface area contributed by atoms with Crippen LogP contribution in [-0.2, 0) is 22.7 Å². The second-order valence-corrected chi connectivity index (χ2v) is 6.25. The molecule has 0 aliphatic rings. The summed E-state index contributed by atoms with van der Waals surface area (Å²) in [6, 6.07) is 11.7. The minimum Gasteiger partial charge on any atom is -0.493 e. The molecule has 6 nitrogen and oxygen atoms in total. The van der Waals surface area contributed by atoms with Gasteiger partial charge in [-0.25, -0.2) is 4.39 Å². The molecule has 2 amide bonds. The topological polar surface area (TPSA) is 67.9 Å². The molecule has 0 fully saturated rings. The summed E-state index contributed by atoms with van der Waals surface area (Å²) in [7, 11) is 3.10. The number of methoxy groups -OCH3 is 2. The number of rotatable bonds is 9. The highest BCUT2D eigenvalue weighted by atomic mass is 19.1. The first-order valence-corrected chi connectivity index (χ1v) is 8.91. The summed E-state index contributed by atoms with van der Waals surface area (Å²) in [5.41, 5.74) is 1.28. The summed E-state index contributed by atoms with van der Waals surface area (Å²) in [6.07, 6.45) is 0.126. The number of hydrogen-bond donors (Lipinski definition) is 1. The summed E-state index contributed by atoms with van der Waals surface area (Å²) in [5.74, 6) is 0.430. The number of ether oxygens (including phenoxy) is 2. The largest absolute Gasteiger partial charge is 0.493 e. The summed E-state index contributed by atoms with van der Waals surface area (Å²) < 4.78 is 24.1. The molecule has 2 aromatic carbocycles. The summed E-state index contributed by atoms with van der Waals surface area (Å²) in [4.78, 5) is 25.6. The van der Waals surface area contributed by atoms with Gasteiger partial charge in [0.2, 0.25) is 11.8 Å². The number of nitrogens with one attached hydrogen (secondary N) is 1. The zero-order chi connectivity index (χ0) is 20.5. The number of halogens is 1. The number of amides is 2. The first-order chi connectivity index (χ1) is 13.4. The van der Waals surface area contributed by atoms with E-state index in [1.807, 2.05) is 6.07 Å². The zero-order valence-electron chi connectivity index (χ0n) is 16.3. The van der Waals surface area contributed by atoms with Crippen molar-refractivity contribution in [1.82, 2.24) is 10.2 Å². The number of hydrogen-bond acceptors (Lipinski definition) is 4. The lowest BCUT2D eigenvalue weighted by Crippen LogP contribution is -2.33. The molecule has 0 saturated carbocycles. The average molecular weight is 388 g/mol. The van der Waals surface area contributed by atoms with Crippen molar-refractivity contribution < 1.29 is 23.5 Å². The Kier molecular flexibility index (Phi) is 7.80. The normalized spacial score (nSPS) is 10.3. The Morgan fingerprint density at radius 2 is 1.79 bits per heavy atom. The van der Waals surface area contributed by atoms with Crippen LogP contribution in [0.2, 0.25) is 0 Å². The summed E-state index contributed by atoms with van der Waals surface area (Å²) >= 11 is 0. The van der Waals surface area contributed by atoms with Crippen LogP contribution in [0, 0.1) is 5.82 Å². The van der Waals surface area contributed by atoms with E-state index in [0.717, 1.165) is 5.56 Å². The quantitative estimate of drug-likeness (QED) is 0.717. The monoisotopic (exact) mass is 388 g/mol. The number of carbonyl (C=O) groups excluding carboxylic acids is 2. The van der Waals surface area contributed by atoms with Gasteiger partial charge in [-0.05, 0) is 23.8 Å². The van der Waals surface area contributed by atoms with Gasteiger partial charge in [-0.2, -0.15) is 0 Å². The van der Waals surface area contributed by atoms with Crippen LogP contribution in [0.15, 0.2) is 42.5 Å². The van der Waals surface area contributed by atoms with Crippen LogP contribution < -0.4 is 14.8 Å². The Morgan fingerprint density at radius 3 is 2.43 bits per heavy atom. The van der Waals surface area contributed by atoms with E-state index in [1.165, 1.54) is 13.0 Å². The highest BCUT2D eigenvalue weighted by Gasteiger charge is 2.14. The van der Waals surface area contributed by atoms with Gasteiger partial charge in [0.25, 0.3) is 0 Å². The Bertz CT molecular complexity index is 826. The molecule has 0 aliphatic heterocycles. The third-order valence-corrected chi connectivity index (χ3v) is 4.31. The predicted octanol–water partition coefficient (Wildman–Crippen LogP) is 2.90. The molecule has 0 bridgehead atoms. The minimum atomic E-state index is -0.360. The van der Waals surface area contributed by atoms with E-state index in [1.54, 1.807) is 49.5 Å². The van der Waals surface area contributed by atoms with Gasteiger partial charge in [-0.3, -0.25) is 9.59 Å². The van der Waals surface area contributed by atoms with E-state index in [9.17, 15) is 14.0 Å². The number of nitrogens with zero attached hydrogens (tertiary/aromatic N) is 1. The fraction of sp³-hybridized carbons (Fsp3) is 0.333. The molecule has 2 rings (SSSR count). The Balaban J connectivity index is 1.91. The molecule has 0 heterocycles. The highest BCUT2D eigenvalue weighted by Crippen LogP contribution is 2.28. The fourth-order valence-corrected chi connectivity index (χ4v) is 2.71. The van der Waals surface area contributed by atoms with E-state index < -0.39 is 0 Å². The minimum absolute atomic E-state index is 0.112. The predicted molar refractivity (Wildman–Crippen MR) is 104 cm³/mol. The second-order valence-electron chi connectivity index (χ2n) is 6.25. The van der Waals surface area contributed by atoms with Gasteiger partial charge in [0, 0.05) is 38.5 Å². The van der Waals surface area contributed by atoms with Gasteiger partial charge in [-0.1, -0.05) is 24.3 Å². The zero-order valence-corrected chi connectivity index (χ0v) is 16.3. The Hall–Kier alpha value is -3.09. The van der Waals surface area contributed by atoms with Crippen LogP contribution in [0.3, 0.4) is 0 Å². The molecule has 0 radical (unpaired) electrons. The Labute approximate surface area is 164 Å². The van der Waals surface area contributed by atoms with Crippen LogP contribution in [-0.4, -0.2) is 37.5 Å². The van der Waals surface area contributed by atoms with Gasteiger partial charge >= 0.3 is 0 Å². The molecule has 150 valence electrons. The molecule has 2 aromatic rings. The highest BCUT2D eigenvalue weighted by molar-refractivity contribution is 5.78. The summed E-state index contributed by atoms with van der Waals surface area (Å²) in [6.45, 7) is 2.17. The van der Waals surface area contributed by atoms with Gasteiger partial charge < -0.3 is 19.7 Å². The molecule has 0 aromatic heterocycles. The third-order valence-electron chi connectivity index (χ3n) is 4.31. The fourth-order valence-electron chi connectivity index (χ4n) is 2.71. The van der Waals surface area contributed by atoms with Crippen molar-refractivity contribution in [3.63, 3.8) is 0 Å². The number of benzene rings is 2. The molecular formula is C21H25FN2O4. The van der Waals surface area contributed by atoms with Gasteiger partial charge in [0.05, 0.1) is 14.2 Å². The van der Waals surface area contributed by atoms with Crippen molar-refractivity contribution >= 4 is 11.8 Å². The van der Waals surface area contributed by atoms with Crippen LogP contribution in [0.4, 0.5) is 4.39 Å². The van der Waals surface area contributed by atoms with E-state index in [0.29, 0.717) is 23.6 Å². The molecule has 28 heavy (non-hydrogen) atoms. The summed E-state index contributed by atoms with van der Waals surface area (Å²) in [5, 5.41) is 2.68. The van der Waals surface area contributed by atoms with E-state index >= 15 is 0 Å². The first kappa shape index (κ1) is 21.2. The first-order valence-electron chi connectivity index (χ1n) is 8.91. The average Bonchev–Trinajstić information content (AvgIpc) is 2.70. The van der Waals surface area contributed by atoms with Gasteiger partial charge in [0.15, 0.2) is 11.5 Å². The van der Waals surface area contributed by atoms with E-state index in [-0.39, 0.29) is 37.1 Å². The van der Waals surface area contributed by atoms with Gasteiger partial charge in [0.1, 0.15) is 5.82 Å². The van der Waals surface area contributed by atoms with Crippen molar-refractivity contribution in [1.29, 1.82) is 0 Å². The lowest BCUT2D eigenvalue weighted by Gasteiger charge is -2.21. The molecule has 7 heteroatoms. The molecule has 0 saturated heterocycles. The van der Waals surface area contributed by atoms with Crippen molar-refractivity contribution in [2.75, 3.05) is 20.8 Å². The molecule has 1 N–H and O–H groups in total. The maximum atomic E-state index is 13.6. The molecule has 0 unspecified atom stereocenters. The molecule has 0 aliphatic carbocycles. The van der Waals surface area contributed by atoms with Crippen LogP contribution in [0.1, 0.15) is 24.5 Å². The Morgan fingerprint density at radius 1 is 1.07 bits per heavy atom. The van der Waals surface area contributed by atoms with Gasteiger partial charge in [-0.15, -0.1) is 0 Å². The van der Waals surface area contributed by atoms with Crippen molar-refractivity contribution in [3.8, 4) is 11.5 Å². The van der Waals surface area contributed by atoms with Crippen molar-refractivity contribution in [2.45, 2.75) is 26.4 Å². The molecule has 0 atom stereocenters. The maximum Gasteiger partial charge on any atom is 0.222 e.